The van der Waals surface area contributed by atoms with Crippen LogP contribution in [-0.2, 0) is 42.2 Å². The monoisotopic (exact) mass is 534 g/mol. The van der Waals surface area contributed by atoms with Gasteiger partial charge in [0.15, 0.2) is 6.67 Å². The Morgan fingerprint density at radius 3 is 1.72 bits per heavy atom. The van der Waals surface area contributed by atoms with E-state index in [4.69, 9.17) is 4.74 Å². The van der Waals surface area contributed by atoms with Crippen molar-refractivity contribution in [3.8, 4) is 0 Å². The molecule has 1 unspecified atom stereocenters. The number of rotatable bonds is 12. The molecule has 0 aliphatic heterocycles. The average molecular weight is 534 g/mol. The van der Waals surface area contributed by atoms with Crippen LogP contribution in [0.1, 0.15) is 40.0 Å². The van der Waals surface area contributed by atoms with Gasteiger partial charge in [0.1, 0.15) is 0 Å². The minimum absolute atomic E-state index is 0. The Balaban J connectivity index is -0.000000161. The van der Waals surface area contributed by atoms with Crippen molar-refractivity contribution in [3.63, 3.8) is 0 Å². The van der Waals surface area contributed by atoms with Crippen molar-refractivity contribution in [1.82, 2.24) is 0 Å². The van der Waals surface area contributed by atoms with Gasteiger partial charge in [-0.2, -0.15) is 30.5 Å². The smallest absolute Gasteiger partial charge is 0.382 e. The van der Waals surface area contributed by atoms with Crippen LogP contribution in [0.5, 0.6) is 0 Å². The second-order valence-electron chi connectivity index (χ2n) is 6.38. The van der Waals surface area contributed by atoms with E-state index in [9.17, 15) is 30.7 Å². The SMILES string of the molecule is CCOC(F)(CF)C(F)(F)F.CCOCCCCF.C[C-](CCF)C[SiH](C)C.[Y]. The summed E-state index contributed by atoms with van der Waals surface area (Å²) in [7, 11) is -0.464. The van der Waals surface area contributed by atoms with Crippen LogP contribution in [0, 0.1) is 5.92 Å². The van der Waals surface area contributed by atoms with Crippen molar-refractivity contribution in [2.45, 2.75) is 71.2 Å². The number of halogens is 7. The van der Waals surface area contributed by atoms with E-state index in [0.717, 1.165) is 20.0 Å². The van der Waals surface area contributed by atoms with Crippen LogP contribution in [0.2, 0.25) is 19.1 Å². The maximum absolute atomic E-state index is 12.3. The Labute approximate surface area is 198 Å². The number of ether oxygens (including phenoxy) is 2. The topological polar surface area (TPSA) is 18.5 Å². The maximum Gasteiger partial charge on any atom is 0.451 e. The van der Waals surface area contributed by atoms with E-state index in [2.05, 4.69) is 24.8 Å². The predicted octanol–water partition coefficient (Wildman–Crippen LogP) is 6.42. The molecule has 0 saturated carbocycles. The molecule has 1 radical (unpaired) electrons. The van der Waals surface area contributed by atoms with E-state index in [0.29, 0.717) is 19.4 Å². The number of hydrogen-bond donors (Lipinski definition) is 0. The van der Waals surface area contributed by atoms with Crippen LogP contribution in [0.3, 0.4) is 0 Å². The second kappa shape index (κ2) is 23.4. The first-order chi connectivity index (χ1) is 12.9. The molecule has 0 rings (SSSR count). The van der Waals surface area contributed by atoms with E-state index >= 15 is 0 Å². The summed E-state index contributed by atoms with van der Waals surface area (Å²) in [6, 6.07) is 1.21. The fourth-order valence-electron chi connectivity index (χ4n) is 1.83. The van der Waals surface area contributed by atoms with E-state index in [1.165, 1.54) is 12.0 Å². The zero-order valence-corrected chi connectivity index (χ0v) is 22.2. The molecule has 0 bridgehead atoms. The summed E-state index contributed by atoms with van der Waals surface area (Å²) in [5.74, 6) is -2.79. The molecule has 0 aromatic rings. The van der Waals surface area contributed by atoms with Crippen molar-refractivity contribution in [1.29, 1.82) is 0 Å². The van der Waals surface area contributed by atoms with Crippen LogP contribution in [0.25, 0.3) is 0 Å². The molecule has 0 aliphatic carbocycles. The van der Waals surface area contributed by atoms with Gasteiger partial charge in [-0.3, -0.25) is 8.78 Å². The summed E-state index contributed by atoms with van der Waals surface area (Å²) in [5, 5.41) is 0. The van der Waals surface area contributed by atoms with Crippen LogP contribution >= 0.6 is 0 Å². The Kier molecular flexibility index (Phi) is 29.9. The van der Waals surface area contributed by atoms with Gasteiger partial charge in [0.2, 0.25) is 0 Å². The first-order valence-corrected chi connectivity index (χ1v) is 12.5. The minimum Gasteiger partial charge on any atom is -0.382 e. The van der Waals surface area contributed by atoms with Gasteiger partial charge in [-0.25, -0.2) is 4.39 Å². The third-order valence-corrected chi connectivity index (χ3v) is 4.64. The van der Waals surface area contributed by atoms with E-state index < -0.39 is 34.1 Å². The number of unbranched alkanes of at least 4 members (excludes halogenated alkanes) is 1. The van der Waals surface area contributed by atoms with Gasteiger partial charge in [0.05, 0.1) is 13.3 Å². The molecule has 0 aliphatic rings. The molecule has 0 saturated heterocycles. The molecular formula is C18H36F7O2SiY-. The van der Waals surface area contributed by atoms with Crippen LogP contribution in [-0.4, -0.2) is 60.7 Å². The summed E-state index contributed by atoms with van der Waals surface area (Å²) in [6.07, 6.45) is -3.13. The third kappa shape index (κ3) is 24.9. The van der Waals surface area contributed by atoms with Gasteiger partial charge in [0.25, 0.3) is 0 Å². The van der Waals surface area contributed by atoms with Crippen LogP contribution in [0.4, 0.5) is 30.7 Å². The van der Waals surface area contributed by atoms with Gasteiger partial charge < -0.3 is 15.4 Å². The molecule has 0 aromatic heterocycles. The summed E-state index contributed by atoms with van der Waals surface area (Å²) < 4.78 is 90.1. The molecule has 0 heterocycles. The van der Waals surface area contributed by atoms with Gasteiger partial charge in [-0.15, -0.1) is 6.42 Å². The third-order valence-electron chi connectivity index (χ3n) is 3.12. The molecule has 1 atom stereocenters. The average Bonchev–Trinajstić information content (AvgIpc) is 2.58. The van der Waals surface area contributed by atoms with Crippen LogP contribution < -0.4 is 0 Å². The van der Waals surface area contributed by atoms with E-state index in [1.807, 2.05) is 6.92 Å². The largest absolute Gasteiger partial charge is 0.451 e. The van der Waals surface area contributed by atoms with Crippen molar-refractivity contribution in [3.05, 3.63) is 5.92 Å². The fraction of sp³-hybridized carbons (Fsp3) is 0.944. The molecule has 11 heteroatoms. The fourth-order valence-corrected chi connectivity index (χ4v) is 3.43. The molecule has 2 nitrogen and oxygen atoms in total. The quantitative estimate of drug-likeness (QED) is 0.125. The van der Waals surface area contributed by atoms with Gasteiger partial charge in [-0.1, -0.05) is 13.1 Å². The zero-order valence-electron chi connectivity index (χ0n) is 18.2. The van der Waals surface area contributed by atoms with Gasteiger partial charge in [0, 0.05) is 61.3 Å². The first-order valence-electron chi connectivity index (χ1n) is 9.42. The normalized spacial score (nSPS) is 13.0. The molecule has 0 N–H and O–H groups in total. The molecule has 0 spiro atoms. The minimum atomic E-state index is -5.31. The number of alkyl halides is 7. The van der Waals surface area contributed by atoms with Crippen molar-refractivity contribution in [2.24, 2.45) is 0 Å². The van der Waals surface area contributed by atoms with Crippen LogP contribution in [0.15, 0.2) is 0 Å². The Morgan fingerprint density at radius 1 is 0.897 bits per heavy atom. The molecule has 177 valence electrons. The molecule has 0 amide bonds. The Bertz CT molecular complexity index is 321. The molecule has 0 fully saturated rings. The van der Waals surface area contributed by atoms with Crippen molar-refractivity contribution < 1.29 is 72.9 Å². The van der Waals surface area contributed by atoms with Crippen molar-refractivity contribution in [2.75, 3.05) is 39.8 Å². The predicted molar refractivity (Wildman–Crippen MR) is 102 cm³/mol. The summed E-state index contributed by atoms with van der Waals surface area (Å²) in [6.45, 7) is 8.05. The van der Waals surface area contributed by atoms with E-state index in [1.54, 1.807) is 0 Å². The zero-order chi connectivity index (χ0) is 22.6. The summed E-state index contributed by atoms with van der Waals surface area (Å²) in [4.78, 5) is 0. The molecule has 29 heavy (non-hydrogen) atoms. The Morgan fingerprint density at radius 2 is 1.45 bits per heavy atom. The Hall–Kier alpha value is 0.751. The first kappa shape index (κ1) is 37.1. The second-order valence-corrected chi connectivity index (χ2v) is 9.58. The molecule has 0 aromatic carbocycles. The summed E-state index contributed by atoms with van der Waals surface area (Å²) in [5.41, 5.74) is 0. The molecular weight excluding hydrogens is 498 g/mol. The van der Waals surface area contributed by atoms with Crippen molar-refractivity contribution >= 4 is 8.80 Å². The standard InChI is InChI=1S/C7H16FSi.C6H13FO.C5H7F5O.Y/c1-7(4-5-8)6-9(2)3;1-2-8-6-4-3-5-7;1-2-11-4(7,3-6)5(8,9)10;/h9H,4-6H2,1-3H3;2-6H2,1H3;2-3H2,1H3;/q-1;;;. The van der Waals surface area contributed by atoms with E-state index in [-0.39, 0.29) is 46.1 Å². The maximum atomic E-state index is 12.3. The summed E-state index contributed by atoms with van der Waals surface area (Å²) >= 11 is 0. The number of hydrogen-bond acceptors (Lipinski definition) is 2. The van der Waals surface area contributed by atoms with Gasteiger partial charge in [-0.05, 0) is 26.7 Å². The van der Waals surface area contributed by atoms with Gasteiger partial charge >= 0.3 is 12.0 Å².